The second-order valence-corrected chi connectivity index (χ2v) is 6.38. The maximum atomic E-state index is 12.7. The number of hydrogen-bond acceptors (Lipinski definition) is 4. The van der Waals surface area contributed by atoms with Crippen LogP contribution >= 0.6 is 0 Å². The van der Waals surface area contributed by atoms with Crippen molar-refractivity contribution >= 4 is 17.5 Å². The number of nitrogens with zero attached hydrogens (tertiary/aromatic N) is 2. The molecule has 142 valence electrons. The van der Waals surface area contributed by atoms with Crippen LogP contribution in [-0.4, -0.2) is 21.8 Å². The number of aromatic nitrogens is 2. The van der Waals surface area contributed by atoms with Gasteiger partial charge in [-0.1, -0.05) is 25.1 Å². The Kier molecular flexibility index (Phi) is 6.11. The summed E-state index contributed by atoms with van der Waals surface area (Å²) in [6.07, 6.45) is 5.62. The molecule has 2 N–H and O–H groups in total. The highest BCUT2D eigenvalue weighted by molar-refractivity contribution is 6.05. The largest absolute Gasteiger partial charge is 0.348 e. The first-order valence-electron chi connectivity index (χ1n) is 9.11. The van der Waals surface area contributed by atoms with Crippen LogP contribution in [0, 0.1) is 6.92 Å². The molecule has 6 heteroatoms. The molecular formula is C22H22N4O2. The minimum Gasteiger partial charge on any atom is -0.348 e. The van der Waals surface area contributed by atoms with Crippen molar-refractivity contribution in [3.05, 3.63) is 89.0 Å². The number of aryl methyl sites for hydroxylation is 2. The molecule has 0 radical (unpaired) electrons. The number of amides is 2. The lowest BCUT2D eigenvalue weighted by atomic mass is 10.1. The summed E-state index contributed by atoms with van der Waals surface area (Å²) in [4.78, 5) is 33.2. The van der Waals surface area contributed by atoms with Crippen LogP contribution in [0.3, 0.4) is 0 Å². The number of nitrogens with one attached hydrogen (secondary N) is 2. The van der Waals surface area contributed by atoms with Gasteiger partial charge >= 0.3 is 0 Å². The molecule has 2 amide bonds. The molecule has 6 nitrogen and oxygen atoms in total. The molecule has 0 unspecified atom stereocenters. The Bertz CT molecular complexity index is 987. The average molecular weight is 374 g/mol. The highest BCUT2D eigenvalue weighted by Gasteiger charge is 2.14. The van der Waals surface area contributed by atoms with Crippen LogP contribution in [0.5, 0.6) is 0 Å². The maximum absolute atomic E-state index is 12.7. The van der Waals surface area contributed by atoms with Gasteiger partial charge in [0.05, 0.1) is 0 Å². The normalized spacial score (nSPS) is 10.4. The van der Waals surface area contributed by atoms with Gasteiger partial charge in [0.15, 0.2) is 0 Å². The second-order valence-electron chi connectivity index (χ2n) is 6.38. The van der Waals surface area contributed by atoms with Crippen molar-refractivity contribution in [2.75, 3.05) is 5.32 Å². The zero-order valence-electron chi connectivity index (χ0n) is 15.9. The second kappa shape index (κ2) is 8.90. The number of carbonyl (C=O) groups is 2. The Labute approximate surface area is 164 Å². The zero-order valence-corrected chi connectivity index (χ0v) is 15.9. The highest BCUT2D eigenvalue weighted by atomic mass is 16.2. The molecule has 0 aliphatic heterocycles. The van der Waals surface area contributed by atoms with Gasteiger partial charge in [-0.25, -0.2) is 0 Å². The van der Waals surface area contributed by atoms with E-state index in [1.165, 1.54) is 12.3 Å². The summed E-state index contributed by atoms with van der Waals surface area (Å²) in [5.41, 5.74) is 4.36. The summed E-state index contributed by atoms with van der Waals surface area (Å²) < 4.78 is 0. The number of anilines is 1. The van der Waals surface area contributed by atoms with Crippen LogP contribution in [0.15, 0.2) is 61.1 Å². The third-order valence-corrected chi connectivity index (χ3v) is 4.44. The first-order chi connectivity index (χ1) is 13.6. The van der Waals surface area contributed by atoms with Crippen LogP contribution in [0.2, 0.25) is 0 Å². The van der Waals surface area contributed by atoms with Gasteiger partial charge in [-0.3, -0.25) is 19.6 Å². The molecule has 0 aliphatic rings. The van der Waals surface area contributed by atoms with Gasteiger partial charge in [0.2, 0.25) is 0 Å². The topological polar surface area (TPSA) is 84.0 Å². The first kappa shape index (κ1) is 19.2. The van der Waals surface area contributed by atoms with Crippen molar-refractivity contribution in [3.63, 3.8) is 0 Å². The number of para-hydroxylation sites is 1. The van der Waals surface area contributed by atoms with Gasteiger partial charge in [-0.2, -0.15) is 0 Å². The predicted octanol–water partition coefficient (Wildman–Crippen LogP) is 3.53. The fourth-order valence-corrected chi connectivity index (χ4v) is 2.86. The lowest BCUT2D eigenvalue weighted by molar-refractivity contribution is 0.0950. The zero-order chi connectivity index (χ0) is 19.9. The third-order valence-electron chi connectivity index (χ3n) is 4.44. The van der Waals surface area contributed by atoms with Crippen LogP contribution in [-0.2, 0) is 13.0 Å². The standard InChI is InChI=1S/C22H22N4O2/c1-3-17-6-4-5-15(2)20(17)26-22(28)19-13-18(9-12-24-19)21(27)25-14-16-7-10-23-11-8-16/h4-13H,3,14H2,1-2H3,(H,25,27)(H,26,28). The van der Waals surface area contributed by atoms with E-state index >= 15 is 0 Å². The van der Waals surface area contributed by atoms with Gasteiger partial charge in [0, 0.05) is 36.4 Å². The number of pyridine rings is 2. The van der Waals surface area contributed by atoms with Gasteiger partial charge in [-0.05, 0) is 54.3 Å². The summed E-state index contributed by atoms with van der Waals surface area (Å²) in [6.45, 7) is 4.37. The minimum absolute atomic E-state index is 0.196. The molecule has 3 aromatic rings. The molecule has 0 bridgehead atoms. The van der Waals surface area contributed by atoms with Crippen LogP contribution in [0.1, 0.15) is 44.5 Å². The van der Waals surface area contributed by atoms with E-state index < -0.39 is 0 Å². The average Bonchev–Trinajstić information content (AvgIpc) is 2.74. The van der Waals surface area contributed by atoms with E-state index in [-0.39, 0.29) is 17.5 Å². The summed E-state index contributed by atoms with van der Waals surface area (Å²) in [6, 6.07) is 12.7. The number of carbonyl (C=O) groups excluding carboxylic acids is 2. The lowest BCUT2D eigenvalue weighted by Crippen LogP contribution is -2.24. The van der Waals surface area contributed by atoms with E-state index in [2.05, 4.69) is 20.6 Å². The van der Waals surface area contributed by atoms with Gasteiger partial charge < -0.3 is 10.6 Å². The van der Waals surface area contributed by atoms with Crippen molar-refractivity contribution in [1.29, 1.82) is 0 Å². The van der Waals surface area contributed by atoms with E-state index in [4.69, 9.17) is 0 Å². The molecular weight excluding hydrogens is 352 g/mol. The van der Waals surface area contributed by atoms with Crippen molar-refractivity contribution in [2.45, 2.75) is 26.8 Å². The third kappa shape index (κ3) is 4.59. The summed E-state index contributed by atoms with van der Waals surface area (Å²) in [7, 11) is 0. The summed E-state index contributed by atoms with van der Waals surface area (Å²) in [5.74, 6) is -0.605. The van der Waals surface area contributed by atoms with E-state index in [0.29, 0.717) is 12.1 Å². The molecule has 2 aromatic heterocycles. The SMILES string of the molecule is CCc1cccc(C)c1NC(=O)c1cc(C(=O)NCc2ccncc2)ccn1. The fourth-order valence-electron chi connectivity index (χ4n) is 2.86. The molecule has 0 saturated heterocycles. The Hall–Kier alpha value is -3.54. The van der Waals surface area contributed by atoms with Crippen LogP contribution in [0.4, 0.5) is 5.69 Å². The van der Waals surface area contributed by atoms with Gasteiger partial charge in [0.25, 0.3) is 11.8 Å². The van der Waals surface area contributed by atoms with E-state index in [0.717, 1.165) is 28.8 Å². The Morgan fingerprint density at radius 3 is 2.54 bits per heavy atom. The predicted molar refractivity (Wildman–Crippen MR) is 108 cm³/mol. The highest BCUT2D eigenvalue weighted by Crippen LogP contribution is 2.21. The van der Waals surface area contributed by atoms with Crippen LogP contribution in [0.25, 0.3) is 0 Å². The lowest BCUT2D eigenvalue weighted by Gasteiger charge is -2.13. The van der Waals surface area contributed by atoms with Gasteiger partial charge in [0.1, 0.15) is 5.69 Å². The number of rotatable bonds is 6. The first-order valence-corrected chi connectivity index (χ1v) is 9.11. The minimum atomic E-state index is -0.340. The molecule has 0 atom stereocenters. The van der Waals surface area contributed by atoms with Gasteiger partial charge in [-0.15, -0.1) is 0 Å². The molecule has 1 aromatic carbocycles. The van der Waals surface area contributed by atoms with E-state index in [1.807, 2.05) is 44.2 Å². The Morgan fingerprint density at radius 2 is 1.79 bits per heavy atom. The van der Waals surface area contributed by atoms with Crippen molar-refractivity contribution in [1.82, 2.24) is 15.3 Å². The molecule has 3 rings (SSSR count). The molecule has 0 fully saturated rings. The van der Waals surface area contributed by atoms with Crippen molar-refractivity contribution in [2.24, 2.45) is 0 Å². The van der Waals surface area contributed by atoms with Crippen molar-refractivity contribution in [3.8, 4) is 0 Å². The summed E-state index contributed by atoms with van der Waals surface area (Å²) >= 11 is 0. The molecule has 0 saturated carbocycles. The quantitative estimate of drug-likeness (QED) is 0.691. The maximum Gasteiger partial charge on any atom is 0.274 e. The molecule has 2 heterocycles. The molecule has 28 heavy (non-hydrogen) atoms. The molecule has 0 aliphatic carbocycles. The van der Waals surface area contributed by atoms with Crippen molar-refractivity contribution < 1.29 is 9.59 Å². The Balaban J connectivity index is 1.72. The number of hydrogen-bond donors (Lipinski definition) is 2. The van der Waals surface area contributed by atoms with E-state index in [1.54, 1.807) is 18.5 Å². The smallest absolute Gasteiger partial charge is 0.274 e. The van der Waals surface area contributed by atoms with E-state index in [9.17, 15) is 9.59 Å². The Morgan fingerprint density at radius 1 is 1.00 bits per heavy atom. The molecule has 0 spiro atoms. The fraction of sp³-hybridized carbons (Fsp3) is 0.182. The summed E-state index contributed by atoms with van der Waals surface area (Å²) in [5, 5.41) is 5.76. The van der Waals surface area contributed by atoms with Crippen LogP contribution < -0.4 is 10.6 Å². The monoisotopic (exact) mass is 374 g/mol. The number of benzene rings is 1.